The number of carbonyl (C=O) groups excluding carboxylic acids is 2. The van der Waals surface area contributed by atoms with Crippen molar-refractivity contribution in [1.82, 2.24) is 5.43 Å². The zero-order valence-corrected chi connectivity index (χ0v) is 18.3. The largest absolute Gasteiger partial charge is 0.493 e. The SMILES string of the molecule is COc1cc(C=NNC(=O)c2cccc(NC(C)=O)c2)cc(Cl)c1OCc1ccccc1. The Morgan fingerprint density at radius 2 is 1.84 bits per heavy atom. The Labute approximate surface area is 191 Å². The standard InChI is InChI=1S/C24H22ClN3O4/c1-16(29)27-20-10-6-9-19(13-20)24(30)28-26-14-18-11-21(25)23(22(12-18)31-2)32-15-17-7-4-3-5-8-17/h3-14H,15H2,1-2H3,(H,27,29)(H,28,30). The van der Waals surface area contributed by atoms with Gasteiger partial charge in [0, 0.05) is 18.2 Å². The van der Waals surface area contributed by atoms with Crippen LogP contribution in [0.1, 0.15) is 28.4 Å². The van der Waals surface area contributed by atoms with Crippen LogP contribution in [0.4, 0.5) is 5.69 Å². The summed E-state index contributed by atoms with van der Waals surface area (Å²) in [6.07, 6.45) is 1.45. The van der Waals surface area contributed by atoms with Gasteiger partial charge in [0.05, 0.1) is 18.3 Å². The molecule has 0 saturated carbocycles. The number of hydrogen-bond donors (Lipinski definition) is 2. The number of benzene rings is 3. The van der Waals surface area contributed by atoms with Crippen LogP contribution in [0.5, 0.6) is 11.5 Å². The third kappa shape index (κ3) is 6.33. The van der Waals surface area contributed by atoms with E-state index in [0.717, 1.165) is 5.56 Å². The maximum Gasteiger partial charge on any atom is 0.271 e. The zero-order valence-electron chi connectivity index (χ0n) is 17.6. The van der Waals surface area contributed by atoms with Crippen LogP contribution in [-0.4, -0.2) is 25.1 Å². The number of halogens is 1. The van der Waals surface area contributed by atoms with E-state index >= 15 is 0 Å². The number of hydrazone groups is 1. The van der Waals surface area contributed by atoms with E-state index in [4.69, 9.17) is 21.1 Å². The molecule has 0 atom stereocenters. The second-order valence-electron chi connectivity index (χ2n) is 6.77. The molecule has 2 N–H and O–H groups in total. The first-order chi connectivity index (χ1) is 15.5. The highest BCUT2D eigenvalue weighted by molar-refractivity contribution is 6.32. The molecule has 8 heteroatoms. The lowest BCUT2D eigenvalue weighted by Crippen LogP contribution is -2.18. The highest BCUT2D eigenvalue weighted by Crippen LogP contribution is 2.36. The van der Waals surface area contributed by atoms with Crippen LogP contribution < -0.4 is 20.2 Å². The Kier molecular flexibility index (Phi) is 7.83. The minimum absolute atomic E-state index is 0.220. The molecule has 0 aromatic heterocycles. The second-order valence-corrected chi connectivity index (χ2v) is 7.18. The van der Waals surface area contributed by atoms with Gasteiger partial charge in [-0.05, 0) is 41.5 Å². The fraction of sp³-hybridized carbons (Fsp3) is 0.125. The quantitative estimate of drug-likeness (QED) is 0.385. The molecule has 3 aromatic rings. The molecule has 0 bridgehead atoms. The van der Waals surface area contributed by atoms with Gasteiger partial charge < -0.3 is 14.8 Å². The van der Waals surface area contributed by atoms with Crippen molar-refractivity contribution in [1.29, 1.82) is 0 Å². The number of anilines is 1. The molecule has 0 unspecified atom stereocenters. The van der Waals surface area contributed by atoms with Crippen molar-refractivity contribution in [3.05, 3.63) is 88.4 Å². The topological polar surface area (TPSA) is 89.0 Å². The van der Waals surface area contributed by atoms with Crippen LogP contribution in [0.25, 0.3) is 0 Å². The normalized spacial score (nSPS) is 10.6. The van der Waals surface area contributed by atoms with Crippen molar-refractivity contribution in [2.45, 2.75) is 13.5 Å². The first kappa shape index (κ1) is 22.8. The summed E-state index contributed by atoms with van der Waals surface area (Å²) in [5.41, 5.74) is 4.95. The van der Waals surface area contributed by atoms with Crippen LogP contribution in [0.2, 0.25) is 5.02 Å². The van der Waals surface area contributed by atoms with Gasteiger partial charge in [0.25, 0.3) is 5.91 Å². The Morgan fingerprint density at radius 1 is 1.06 bits per heavy atom. The third-order valence-corrected chi connectivity index (χ3v) is 4.58. The summed E-state index contributed by atoms with van der Waals surface area (Å²) >= 11 is 6.39. The minimum atomic E-state index is -0.422. The Hall–Kier alpha value is -3.84. The molecule has 3 aromatic carbocycles. The average Bonchev–Trinajstić information content (AvgIpc) is 2.78. The van der Waals surface area contributed by atoms with Crippen LogP contribution >= 0.6 is 11.6 Å². The summed E-state index contributed by atoms with van der Waals surface area (Å²) in [5, 5.41) is 6.97. The average molecular weight is 452 g/mol. The molecule has 3 rings (SSSR count). The Morgan fingerprint density at radius 3 is 2.56 bits per heavy atom. The number of carbonyl (C=O) groups is 2. The van der Waals surface area contributed by atoms with Crippen LogP contribution in [0.15, 0.2) is 71.8 Å². The summed E-state index contributed by atoms with van der Waals surface area (Å²) in [5.74, 6) is 0.232. The Bertz CT molecular complexity index is 1130. The predicted molar refractivity (Wildman–Crippen MR) is 125 cm³/mol. The molecule has 7 nitrogen and oxygen atoms in total. The monoisotopic (exact) mass is 451 g/mol. The van der Waals surface area contributed by atoms with Gasteiger partial charge in [0.15, 0.2) is 11.5 Å². The molecule has 0 radical (unpaired) electrons. The maximum absolute atomic E-state index is 12.3. The molecule has 2 amide bonds. The highest BCUT2D eigenvalue weighted by Gasteiger charge is 2.12. The fourth-order valence-electron chi connectivity index (χ4n) is 2.86. The number of methoxy groups -OCH3 is 1. The fourth-order valence-corrected chi connectivity index (χ4v) is 3.13. The molecule has 0 aliphatic rings. The molecule has 32 heavy (non-hydrogen) atoms. The van der Waals surface area contributed by atoms with E-state index in [1.165, 1.54) is 20.2 Å². The van der Waals surface area contributed by atoms with Gasteiger partial charge in [0.1, 0.15) is 6.61 Å². The summed E-state index contributed by atoms with van der Waals surface area (Å²) < 4.78 is 11.2. The van der Waals surface area contributed by atoms with E-state index in [-0.39, 0.29) is 5.91 Å². The van der Waals surface area contributed by atoms with Crippen molar-refractivity contribution in [3.63, 3.8) is 0 Å². The van der Waals surface area contributed by atoms with E-state index < -0.39 is 5.91 Å². The number of ether oxygens (including phenoxy) is 2. The third-order valence-electron chi connectivity index (χ3n) is 4.30. The van der Waals surface area contributed by atoms with Crippen LogP contribution in [0.3, 0.4) is 0 Å². The number of hydrogen-bond acceptors (Lipinski definition) is 5. The molecule has 0 spiro atoms. The lowest BCUT2D eigenvalue weighted by Gasteiger charge is -2.13. The lowest BCUT2D eigenvalue weighted by atomic mass is 10.2. The lowest BCUT2D eigenvalue weighted by molar-refractivity contribution is -0.114. The maximum atomic E-state index is 12.3. The summed E-state index contributed by atoms with van der Waals surface area (Å²) in [4.78, 5) is 23.5. The van der Waals surface area contributed by atoms with E-state index in [0.29, 0.717) is 39.9 Å². The van der Waals surface area contributed by atoms with Crippen molar-refractivity contribution in [2.75, 3.05) is 12.4 Å². The van der Waals surface area contributed by atoms with Gasteiger partial charge in [-0.2, -0.15) is 5.10 Å². The first-order valence-electron chi connectivity index (χ1n) is 9.71. The van der Waals surface area contributed by atoms with Crippen molar-refractivity contribution < 1.29 is 19.1 Å². The van der Waals surface area contributed by atoms with Gasteiger partial charge in [-0.3, -0.25) is 9.59 Å². The van der Waals surface area contributed by atoms with Crippen LogP contribution in [0, 0.1) is 0 Å². The smallest absolute Gasteiger partial charge is 0.271 e. The summed E-state index contributed by atoms with van der Waals surface area (Å²) in [6.45, 7) is 1.74. The van der Waals surface area contributed by atoms with Gasteiger partial charge in [0.2, 0.25) is 5.91 Å². The van der Waals surface area contributed by atoms with E-state index in [1.807, 2.05) is 30.3 Å². The summed E-state index contributed by atoms with van der Waals surface area (Å²) in [7, 11) is 1.52. The van der Waals surface area contributed by atoms with Gasteiger partial charge >= 0.3 is 0 Å². The first-order valence-corrected chi connectivity index (χ1v) is 10.1. The van der Waals surface area contributed by atoms with Crippen molar-refractivity contribution in [3.8, 4) is 11.5 Å². The molecular formula is C24H22ClN3O4. The van der Waals surface area contributed by atoms with E-state index in [1.54, 1.807) is 36.4 Å². The number of rotatable bonds is 8. The van der Waals surface area contributed by atoms with Gasteiger partial charge in [-0.15, -0.1) is 0 Å². The number of nitrogens with zero attached hydrogens (tertiary/aromatic N) is 1. The minimum Gasteiger partial charge on any atom is -0.493 e. The molecule has 0 aliphatic carbocycles. The molecular weight excluding hydrogens is 430 g/mol. The van der Waals surface area contributed by atoms with Crippen molar-refractivity contribution in [2.24, 2.45) is 5.10 Å². The predicted octanol–water partition coefficient (Wildman–Crippen LogP) is 4.65. The molecule has 0 aliphatic heterocycles. The highest BCUT2D eigenvalue weighted by atomic mass is 35.5. The summed E-state index contributed by atoms with van der Waals surface area (Å²) in [6, 6.07) is 19.6. The van der Waals surface area contributed by atoms with E-state index in [9.17, 15) is 9.59 Å². The van der Waals surface area contributed by atoms with Gasteiger partial charge in [-0.1, -0.05) is 48.0 Å². The van der Waals surface area contributed by atoms with E-state index in [2.05, 4.69) is 15.8 Å². The zero-order chi connectivity index (χ0) is 22.9. The molecule has 0 saturated heterocycles. The molecule has 164 valence electrons. The van der Waals surface area contributed by atoms with Crippen molar-refractivity contribution >= 4 is 35.3 Å². The van der Waals surface area contributed by atoms with Crippen LogP contribution in [-0.2, 0) is 11.4 Å². The second kappa shape index (κ2) is 11.0. The number of nitrogens with one attached hydrogen (secondary N) is 2. The number of amides is 2. The van der Waals surface area contributed by atoms with Gasteiger partial charge in [-0.25, -0.2) is 5.43 Å². The Balaban J connectivity index is 1.67. The molecule has 0 fully saturated rings. The molecule has 0 heterocycles.